The van der Waals surface area contributed by atoms with E-state index in [2.05, 4.69) is 22.1 Å². The Labute approximate surface area is 129 Å². The van der Waals surface area contributed by atoms with Crippen LogP contribution in [0.5, 0.6) is 5.75 Å². The van der Waals surface area contributed by atoms with Gasteiger partial charge in [0.15, 0.2) is 5.82 Å². The molecule has 0 saturated carbocycles. The van der Waals surface area contributed by atoms with E-state index in [-0.39, 0.29) is 0 Å². The van der Waals surface area contributed by atoms with Crippen LogP contribution in [0.4, 0.5) is 11.5 Å². The topological polar surface area (TPSA) is 51.2 Å². The van der Waals surface area contributed by atoms with Crippen LogP contribution in [-0.2, 0) is 0 Å². The molecule has 0 amide bonds. The number of imidazole rings is 1. The summed E-state index contributed by atoms with van der Waals surface area (Å²) in [5, 5.41) is 8.73. The van der Waals surface area contributed by atoms with E-state index >= 15 is 0 Å². The maximum Gasteiger partial charge on any atom is 0.182 e. The Morgan fingerprint density at radius 3 is 2.77 bits per heavy atom. The number of pyridine rings is 1. The Morgan fingerprint density at radius 2 is 1.91 bits per heavy atom. The first kappa shape index (κ1) is 14.3. The van der Waals surface area contributed by atoms with Gasteiger partial charge < -0.3 is 4.74 Å². The van der Waals surface area contributed by atoms with Gasteiger partial charge in [-0.05, 0) is 37.6 Å². The second-order valence-electron chi connectivity index (χ2n) is 4.97. The number of fused-ring (bicyclic) bond motifs is 1. The molecule has 3 rings (SSSR count). The van der Waals surface area contributed by atoms with Crippen molar-refractivity contribution in [1.29, 1.82) is 0 Å². The lowest BCUT2D eigenvalue weighted by Gasteiger charge is -2.06. The Kier molecular flexibility index (Phi) is 4.14. The molecule has 0 aliphatic heterocycles. The van der Waals surface area contributed by atoms with E-state index in [1.165, 1.54) is 0 Å². The summed E-state index contributed by atoms with van der Waals surface area (Å²) in [4.78, 5) is 4.48. The van der Waals surface area contributed by atoms with Crippen molar-refractivity contribution in [2.24, 2.45) is 10.2 Å². The van der Waals surface area contributed by atoms with Crippen LogP contribution in [0.3, 0.4) is 0 Å². The molecule has 0 atom stereocenters. The molecule has 0 fully saturated rings. The average molecular weight is 294 g/mol. The molecule has 0 spiro atoms. The third-order valence-electron chi connectivity index (χ3n) is 3.25. The van der Waals surface area contributed by atoms with Crippen LogP contribution in [0.25, 0.3) is 5.65 Å². The molecule has 0 bridgehead atoms. The van der Waals surface area contributed by atoms with Crippen LogP contribution in [0.15, 0.2) is 58.9 Å². The number of rotatable bonds is 5. The van der Waals surface area contributed by atoms with Gasteiger partial charge in [0.05, 0.1) is 12.3 Å². The molecular weight excluding hydrogens is 276 g/mol. The summed E-state index contributed by atoms with van der Waals surface area (Å²) in [5.41, 5.74) is 2.44. The number of ether oxygens (including phenoxy) is 1. The van der Waals surface area contributed by atoms with Gasteiger partial charge in [0.1, 0.15) is 17.1 Å². The van der Waals surface area contributed by atoms with Crippen LogP contribution in [0, 0.1) is 6.92 Å². The lowest BCUT2D eigenvalue weighted by molar-refractivity contribution is 0.318. The SMILES string of the molecule is CCCOc1ccccc1N=Nc1c(C)nc2ccccn12. The average Bonchev–Trinajstić information content (AvgIpc) is 2.87. The minimum Gasteiger partial charge on any atom is -0.491 e. The fraction of sp³-hybridized carbons (Fsp3) is 0.235. The first-order valence-corrected chi connectivity index (χ1v) is 7.37. The first-order chi connectivity index (χ1) is 10.8. The first-order valence-electron chi connectivity index (χ1n) is 7.37. The van der Waals surface area contributed by atoms with E-state index in [9.17, 15) is 0 Å². The molecule has 0 N–H and O–H groups in total. The summed E-state index contributed by atoms with van der Waals surface area (Å²) < 4.78 is 7.62. The Bertz CT molecular complexity index is 807. The predicted octanol–water partition coefficient (Wildman–Crippen LogP) is 4.85. The highest BCUT2D eigenvalue weighted by Crippen LogP contribution is 2.30. The molecule has 3 aromatic rings. The standard InChI is InChI=1S/C17H18N4O/c1-3-12-22-15-9-5-4-8-14(15)19-20-17-13(2)18-16-10-6-7-11-21(16)17/h4-11H,3,12H2,1-2H3. The van der Waals surface area contributed by atoms with Crippen LogP contribution >= 0.6 is 0 Å². The number of aryl methyl sites for hydroxylation is 1. The summed E-state index contributed by atoms with van der Waals surface area (Å²) in [6.45, 7) is 4.67. The quantitative estimate of drug-likeness (QED) is 0.632. The van der Waals surface area contributed by atoms with Crippen LogP contribution in [0.1, 0.15) is 19.0 Å². The maximum absolute atomic E-state index is 5.70. The van der Waals surface area contributed by atoms with E-state index in [1.807, 2.05) is 60.0 Å². The van der Waals surface area contributed by atoms with Crippen LogP contribution < -0.4 is 4.74 Å². The van der Waals surface area contributed by atoms with Crippen LogP contribution in [0.2, 0.25) is 0 Å². The van der Waals surface area contributed by atoms with Gasteiger partial charge >= 0.3 is 0 Å². The zero-order chi connectivity index (χ0) is 15.4. The number of aromatic nitrogens is 2. The fourth-order valence-electron chi connectivity index (χ4n) is 2.20. The Hall–Kier alpha value is -2.69. The van der Waals surface area contributed by atoms with Gasteiger partial charge in [-0.1, -0.05) is 25.1 Å². The van der Waals surface area contributed by atoms with Gasteiger partial charge in [0.25, 0.3) is 0 Å². The number of hydrogen-bond acceptors (Lipinski definition) is 4. The predicted molar refractivity (Wildman–Crippen MR) is 86.3 cm³/mol. The number of para-hydroxylation sites is 1. The normalized spacial score (nSPS) is 11.4. The maximum atomic E-state index is 5.70. The van der Waals surface area contributed by atoms with Crippen molar-refractivity contribution in [2.45, 2.75) is 20.3 Å². The lowest BCUT2D eigenvalue weighted by Crippen LogP contribution is -1.94. The molecule has 2 heterocycles. The second-order valence-corrected chi connectivity index (χ2v) is 4.97. The van der Waals surface area contributed by atoms with E-state index in [0.29, 0.717) is 6.61 Å². The third-order valence-corrected chi connectivity index (χ3v) is 3.25. The Balaban J connectivity index is 1.95. The van der Waals surface area contributed by atoms with E-state index in [1.54, 1.807) is 0 Å². The molecule has 0 saturated heterocycles. The van der Waals surface area contributed by atoms with E-state index in [0.717, 1.165) is 35.0 Å². The minimum atomic E-state index is 0.668. The van der Waals surface area contributed by atoms with Gasteiger partial charge in [-0.2, -0.15) is 0 Å². The molecule has 0 aliphatic carbocycles. The van der Waals surface area contributed by atoms with Crippen LogP contribution in [-0.4, -0.2) is 16.0 Å². The number of benzene rings is 1. The van der Waals surface area contributed by atoms with Gasteiger partial charge in [-0.3, -0.25) is 4.40 Å². The fourth-order valence-corrected chi connectivity index (χ4v) is 2.20. The lowest BCUT2D eigenvalue weighted by atomic mass is 10.3. The summed E-state index contributed by atoms with van der Waals surface area (Å²) >= 11 is 0. The molecule has 2 aromatic heterocycles. The molecule has 22 heavy (non-hydrogen) atoms. The highest BCUT2D eigenvalue weighted by atomic mass is 16.5. The van der Waals surface area contributed by atoms with Crippen molar-refractivity contribution in [3.8, 4) is 5.75 Å². The Morgan fingerprint density at radius 1 is 1.09 bits per heavy atom. The van der Waals surface area contributed by atoms with E-state index < -0.39 is 0 Å². The van der Waals surface area contributed by atoms with Gasteiger partial charge in [0, 0.05) is 6.20 Å². The number of hydrogen-bond donors (Lipinski definition) is 0. The number of nitrogens with zero attached hydrogens (tertiary/aromatic N) is 4. The zero-order valence-electron chi connectivity index (χ0n) is 12.7. The summed E-state index contributed by atoms with van der Waals surface area (Å²) in [7, 11) is 0. The van der Waals surface area contributed by atoms with Crippen molar-refractivity contribution < 1.29 is 4.74 Å². The largest absolute Gasteiger partial charge is 0.491 e. The molecule has 5 nitrogen and oxygen atoms in total. The van der Waals surface area contributed by atoms with Gasteiger partial charge in [-0.25, -0.2) is 4.98 Å². The highest BCUT2D eigenvalue weighted by molar-refractivity contribution is 5.53. The van der Waals surface area contributed by atoms with E-state index in [4.69, 9.17) is 4.74 Å². The minimum absolute atomic E-state index is 0.668. The number of azo groups is 1. The summed E-state index contributed by atoms with van der Waals surface area (Å²) in [6.07, 6.45) is 2.89. The smallest absolute Gasteiger partial charge is 0.182 e. The van der Waals surface area contributed by atoms with Crippen molar-refractivity contribution >= 4 is 17.2 Å². The summed E-state index contributed by atoms with van der Waals surface area (Å²) in [5.74, 6) is 1.49. The molecule has 1 aromatic carbocycles. The van der Waals surface area contributed by atoms with Crippen molar-refractivity contribution in [3.05, 3.63) is 54.4 Å². The molecule has 5 heteroatoms. The van der Waals surface area contributed by atoms with Crippen molar-refractivity contribution in [1.82, 2.24) is 9.38 Å². The third kappa shape index (κ3) is 2.83. The van der Waals surface area contributed by atoms with Crippen molar-refractivity contribution in [3.63, 3.8) is 0 Å². The highest BCUT2D eigenvalue weighted by Gasteiger charge is 2.07. The molecule has 0 unspecified atom stereocenters. The second kappa shape index (κ2) is 6.39. The summed E-state index contributed by atoms with van der Waals surface area (Å²) in [6, 6.07) is 13.5. The molecule has 112 valence electrons. The van der Waals surface area contributed by atoms with Gasteiger partial charge in [0.2, 0.25) is 0 Å². The molecular formula is C17H18N4O. The van der Waals surface area contributed by atoms with Gasteiger partial charge in [-0.15, -0.1) is 10.2 Å². The van der Waals surface area contributed by atoms with Crippen molar-refractivity contribution in [2.75, 3.05) is 6.61 Å². The zero-order valence-corrected chi connectivity index (χ0v) is 12.7. The monoisotopic (exact) mass is 294 g/mol. The molecule has 0 radical (unpaired) electrons. The molecule has 0 aliphatic rings.